The standard InChI is InChI=1S/C27H26N2O5/c1-17(25(30)29-24(26(31)32)15-18-9-3-2-4-10-18)28-27(33)34-16-23-21-13-7-5-11-19(21)20-12-6-8-14-22(20)23/h2-14,17,23-24H,15-16H2,1H3,(H,28,33)(H,29,30)(H,31,32)/t17-,24?/m0/s1. The Bertz CT molecular complexity index is 1150. The number of aliphatic carboxylic acids is 1. The van der Waals surface area contributed by atoms with Gasteiger partial charge in [0.25, 0.3) is 0 Å². The molecule has 0 bridgehead atoms. The monoisotopic (exact) mass is 458 g/mol. The molecule has 1 aliphatic carbocycles. The number of hydrogen-bond acceptors (Lipinski definition) is 4. The average molecular weight is 459 g/mol. The van der Waals surface area contributed by atoms with Gasteiger partial charge in [0.1, 0.15) is 18.7 Å². The van der Waals surface area contributed by atoms with Crippen molar-refractivity contribution in [3.8, 4) is 11.1 Å². The lowest BCUT2D eigenvalue weighted by Gasteiger charge is -2.19. The van der Waals surface area contributed by atoms with E-state index >= 15 is 0 Å². The Balaban J connectivity index is 1.33. The van der Waals surface area contributed by atoms with Gasteiger partial charge in [-0.25, -0.2) is 9.59 Å². The molecule has 0 fully saturated rings. The van der Waals surface area contributed by atoms with Crippen molar-refractivity contribution in [2.45, 2.75) is 31.3 Å². The van der Waals surface area contributed by atoms with Crippen LogP contribution in [0.3, 0.4) is 0 Å². The van der Waals surface area contributed by atoms with Gasteiger partial charge in [0, 0.05) is 12.3 Å². The van der Waals surface area contributed by atoms with E-state index in [4.69, 9.17) is 4.74 Å². The number of carbonyl (C=O) groups is 3. The quantitative estimate of drug-likeness (QED) is 0.477. The lowest BCUT2D eigenvalue weighted by Crippen LogP contribution is -2.51. The Hall–Kier alpha value is -4.13. The number of ether oxygens (including phenoxy) is 1. The van der Waals surface area contributed by atoms with E-state index in [0.29, 0.717) is 0 Å². The minimum Gasteiger partial charge on any atom is -0.480 e. The Morgan fingerprint density at radius 1 is 0.853 bits per heavy atom. The third kappa shape index (κ3) is 5.09. The molecule has 0 heterocycles. The van der Waals surface area contributed by atoms with Gasteiger partial charge in [0.05, 0.1) is 0 Å². The van der Waals surface area contributed by atoms with Gasteiger partial charge < -0.3 is 20.5 Å². The van der Waals surface area contributed by atoms with Crippen LogP contribution in [0.2, 0.25) is 0 Å². The minimum absolute atomic E-state index is 0.0930. The van der Waals surface area contributed by atoms with Gasteiger partial charge in [-0.15, -0.1) is 0 Å². The Labute approximate surface area is 197 Å². The van der Waals surface area contributed by atoms with E-state index in [2.05, 4.69) is 22.8 Å². The number of alkyl carbamates (subject to hydrolysis) is 1. The Kier molecular flexibility index (Phi) is 6.92. The molecule has 0 aliphatic heterocycles. The number of carbonyl (C=O) groups excluding carboxylic acids is 2. The van der Waals surface area contributed by atoms with E-state index in [9.17, 15) is 19.5 Å². The molecule has 7 nitrogen and oxygen atoms in total. The molecule has 3 aromatic rings. The summed E-state index contributed by atoms with van der Waals surface area (Å²) in [5.41, 5.74) is 5.21. The van der Waals surface area contributed by atoms with Crippen molar-refractivity contribution in [1.29, 1.82) is 0 Å². The van der Waals surface area contributed by atoms with Gasteiger partial charge in [-0.2, -0.15) is 0 Å². The predicted octanol–water partition coefficient (Wildman–Crippen LogP) is 3.73. The van der Waals surface area contributed by atoms with Gasteiger partial charge in [0.2, 0.25) is 5.91 Å². The average Bonchev–Trinajstić information content (AvgIpc) is 3.16. The summed E-state index contributed by atoms with van der Waals surface area (Å²) in [6.45, 7) is 1.61. The van der Waals surface area contributed by atoms with Crippen LogP contribution in [-0.4, -0.2) is 41.8 Å². The summed E-state index contributed by atoms with van der Waals surface area (Å²) in [6, 6.07) is 23.0. The number of fused-ring (bicyclic) bond motifs is 3. The van der Waals surface area contributed by atoms with Gasteiger partial charge in [-0.1, -0.05) is 78.9 Å². The molecule has 0 spiro atoms. The summed E-state index contributed by atoms with van der Waals surface area (Å²) in [5.74, 6) is -1.84. The van der Waals surface area contributed by atoms with E-state index in [1.807, 2.05) is 42.5 Å². The van der Waals surface area contributed by atoms with Crippen molar-refractivity contribution in [2.75, 3.05) is 6.61 Å². The minimum atomic E-state index is -1.15. The lowest BCUT2D eigenvalue weighted by molar-refractivity contribution is -0.142. The fourth-order valence-corrected chi connectivity index (χ4v) is 4.23. The highest BCUT2D eigenvalue weighted by Gasteiger charge is 2.30. The van der Waals surface area contributed by atoms with Gasteiger partial charge in [0.15, 0.2) is 0 Å². The normalized spacial score (nSPS) is 13.8. The SMILES string of the molecule is C[C@H](NC(=O)OCC1c2ccccc2-c2ccccc21)C(=O)NC(Cc1ccccc1)C(=O)O. The molecule has 0 aromatic heterocycles. The molecule has 3 aromatic carbocycles. The van der Waals surface area contributed by atoms with Crippen LogP contribution < -0.4 is 10.6 Å². The fourth-order valence-electron chi connectivity index (χ4n) is 4.23. The molecule has 1 unspecified atom stereocenters. The number of carboxylic acids is 1. The maximum Gasteiger partial charge on any atom is 0.407 e. The van der Waals surface area contributed by atoms with E-state index in [0.717, 1.165) is 27.8 Å². The van der Waals surface area contributed by atoms with Crippen LogP contribution in [0.5, 0.6) is 0 Å². The maximum atomic E-state index is 12.5. The topological polar surface area (TPSA) is 105 Å². The lowest BCUT2D eigenvalue weighted by atomic mass is 9.98. The number of amides is 2. The van der Waals surface area contributed by atoms with Crippen molar-refractivity contribution in [3.05, 3.63) is 95.6 Å². The maximum absolute atomic E-state index is 12.5. The van der Waals surface area contributed by atoms with Crippen molar-refractivity contribution in [2.24, 2.45) is 0 Å². The summed E-state index contributed by atoms with van der Waals surface area (Å²) >= 11 is 0. The molecule has 0 saturated heterocycles. The first kappa shape index (κ1) is 23.0. The summed E-state index contributed by atoms with van der Waals surface area (Å²) in [7, 11) is 0. The van der Waals surface area contributed by atoms with Crippen molar-refractivity contribution >= 4 is 18.0 Å². The van der Waals surface area contributed by atoms with Crippen LogP contribution in [-0.2, 0) is 20.7 Å². The van der Waals surface area contributed by atoms with Crippen LogP contribution in [0, 0.1) is 0 Å². The Morgan fingerprint density at radius 3 is 2.00 bits per heavy atom. The van der Waals surface area contributed by atoms with Crippen LogP contribution in [0.15, 0.2) is 78.9 Å². The third-order valence-corrected chi connectivity index (χ3v) is 5.97. The molecule has 0 radical (unpaired) electrons. The fraction of sp³-hybridized carbons (Fsp3) is 0.222. The molecule has 174 valence electrons. The molecule has 34 heavy (non-hydrogen) atoms. The molecule has 1 aliphatic rings. The predicted molar refractivity (Wildman–Crippen MR) is 127 cm³/mol. The van der Waals surface area contributed by atoms with Gasteiger partial charge in [-0.3, -0.25) is 4.79 Å². The van der Waals surface area contributed by atoms with E-state index < -0.39 is 30.1 Å². The third-order valence-electron chi connectivity index (χ3n) is 5.97. The number of carboxylic acid groups (broad SMARTS) is 1. The molecular formula is C27H26N2O5. The van der Waals surface area contributed by atoms with Crippen molar-refractivity contribution in [3.63, 3.8) is 0 Å². The zero-order valence-corrected chi connectivity index (χ0v) is 18.7. The highest BCUT2D eigenvalue weighted by molar-refractivity contribution is 5.89. The Morgan fingerprint density at radius 2 is 1.41 bits per heavy atom. The smallest absolute Gasteiger partial charge is 0.407 e. The highest BCUT2D eigenvalue weighted by atomic mass is 16.5. The molecule has 4 rings (SSSR count). The van der Waals surface area contributed by atoms with Crippen molar-refractivity contribution < 1.29 is 24.2 Å². The molecule has 0 saturated carbocycles. The second-order valence-corrected chi connectivity index (χ2v) is 8.28. The summed E-state index contributed by atoms with van der Waals surface area (Å²) in [4.78, 5) is 36.6. The van der Waals surface area contributed by atoms with Gasteiger partial charge in [-0.05, 0) is 34.7 Å². The first-order valence-electron chi connectivity index (χ1n) is 11.1. The van der Waals surface area contributed by atoms with E-state index in [1.165, 1.54) is 6.92 Å². The number of benzene rings is 3. The summed E-state index contributed by atoms with van der Waals surface area (Å²) < 4.78 is 5.46. The number of hydrogen-bond donors (Lipinski definition) is 3. The van der Waals surface area contributed by atoms with Crippen LogP contribution >= 0.6 is 0 Å². The number of rotatable bonds is 8. The molecule has 2 atom stereocenters. The molecule has 2 amide bonds. The highest BCUT2D eigenvalue weighted by Crippen LogP contribution is 2.44. The van der Waals surface area contributed by atoms with Crippen LogP contribution in [0.1, 0.15) is 29.5 Å². The second kappa shape index (κ2) is 10.2. The summed E-state index contributed by atoms with van der Waals surface area (Å²) in [5, 5.41) is 14.5. The van der Waals surface area contributed by atoms with Crippen LogP contribution in [0.25, 0.3) is 11.1 Å². The summed E-state index contributed by atoms with van der Waals surface area (Å²) in [6.07, 6.45) is -0.598. The number of nitrogens with one attached hydrogen (secondary N) is 2. The molecule has 7 heteroatoms. The second-order valence-electron chi connectivity index (χ2n) is 8.28. The zero-order valence-electron chi connectivity index (χ0n) is 18.7. The van der Waals surface area contributed by atoms with Crippen LogP contribution in [0.4, 0.5) is 4.79 Å². The van der Waals surface area contributed by atoms with E-state index in [-0.39, 0.29) is 18.9 Å². The zero-order chi connectivity index (χ0) is 24.1. The first-order chi connectivity index (χ1) is 16.4. The first-order valence-corrected chi connectivity index (χ1v) is 11.1. The molecule has 3 N–H and O–H groups in total. The van der Waals surface area contributed by atoms with Crippen molar-refractivity contribution in [1.82, 2.24) is 10.6 Å². The molecular weight excluding hydrogens is 432 g/mol. The van der Waals surface area contributed by atoms with Gasteiger partial charge >= 0.3 is 12.1 Å². The van der Waals surface area contributed by atoms with E-state index in [1.54, 1.807) is 24.3 Å². The largest absolute Gasteiger partial charge is 0.480 e.